The van der Waals surface area contributed by atoms with Crippen molar-refractivity contribution in [3.8, 4) is 0 Å². The highest BCUT2D eigenvalue weighted by atomic mass is 16.7. The van der Waals surface area contributed by atoms with Gasteiger partial charge in [0, 0.05) is 13.5 Å². The second-order valence-corrected chi connectivity index (χ2v) is 2.72. The second kappa shape index (κ2) is 5.32. The highest BCUT2D eigenvalue weighted by Gasteiger charge is 1.93. The Morgan fingerprint density at radius 3 is 2.69 bits per heavy atom. The first-order valence-corrected chi connectivity index (χ1v) is 4.23. The Morgan fingerprint density at radius 1 is 1.38 bits per heavy atom. The molecule has 0 atom stereocenters. The first-order valence-electron chi connectivity index (χ1n) is 4.23. The van der Waals surface area contributed by atoms with Gasteiger partial charge in [0.1, 0.15) is 0 Å². The van der Waals surface area contributed by atoms with Crippen LogP contribution in [0.1, 0.15) is 12.5 Å². The van der Waals surface area contributed by atoms with Gasteiger partial charge < -0.3 is 4.84 Å². The van der Waals surface area contributed by atoms with Gasteiger partial charge in [0.05, 0.1) is 0 Å². The van der Waals surface area contributed by atoms with Gasteiger partial charge in [-0.1, -0.05) is 30.3 Å². The third-order valence-corrected chi connectivity index (χ3v) is 1.57. The highest BCUT2D eigenvalue weighted by molar-refractivity contribution is 5.65. The summed E-state index contributed by atoms with van der Waals surface area (Å²) < 4.78 is 0. The number of hydrogen-bond donors (Lipinski definition) is 1. The Kier molecular flexibility index (Phi) is 3.99. The SMILES string of the molecule is CC(=O)ONCCc1ccccc1. The predicted octanol–water partition coefficient (Wildman–Crippen LogP) is 1.30. The van der Waals surface area contributed by atoms with Crippen molar-refractivity contribution in [2.75, 3.05) is 6.54 Å². The molecule has 1 N–H and O–H groups in total. The van der Waals surface area contributed by atoms with Gasteiger partial charge in [-0.15, -0.1) is 0 Å². The lowest BCUT2D eigenvalue weighted by Crippen LogP contribution is -2.20. The fraction of sp³-hybridized carbons (Fsp3) is 0.300. The van der Waals surface area contributed by atoms with E-state index in [-0.39, 0.29) is 5.97 Å². The molecular formula is C10H13NO2. The Hall–Kier alpha value is -1.35. The molecule has 0 aliphatic carbocycles. The monoisotopic (exact) mass is 179 g/mol. The Labute approximate surface area is 77.7 Å². The summed E-state index contributed by atoms with van der Waals surface area (Å²) in [5.41, 5.74) is 3.81. The third-order valence-electron chi connectivity index (χ3n) is 1.57. The summed E-state index contributed by atoms with van der Waals surface area (Å²) in [6.07, 6.45) is 0.855. The lowest BCUT2D eigenvalue weighted by molar-refractivity contribution is -0.148. The Bertz CT molecular complexity index is 259. The van der Waals surface area contributed by atoms with E-state index in [1.165, 1.54) is 12.5 Å². The molecule has 0 saturated carbocycles. The number of hydrogen-bond acceptors (Lipinski definition) is 3. The molecule has 0 unspecified atom stereocenters. The van der Waals surface area contributed by atoms with Gasteiger partial charge in [0.2, 0.25) is 0 Å². The van der Waals surface area contributed by atoms with Gasteiger partial charge in [-0.3, -0.25) is 4.79 Å². The molecule has 1 aromatic rings. The Balaban J connectivity index is 2.17. The van der Waals surface area contributed by atoms with Crippen LogP contribution < -0.4 is 5.48 Å². The van der Waals surface area contributed by atoms with Gasteiger partial charge in [0.15, 0.2) is 0 Å². The molecule has 0 spiro atoms. The Morgan fingerprint density at radius 2 is 2.08 bits per heavy atom. The number of nitrogens with one attached hydrogen (secondary N) is 1. The molecule has 0 aliphatic heterocycles. The van der Waals surface area contributed by atoms with Crippen LogP contribution in [0.5, 0.6) is 0 Å². The molecule has 0 aliphatic rings. The molecule has 70 valence electrons. The molecule has 0 fully saturated rings. The van der Waals surface area contributed by atoms with Crippen LogP contribution >= 0.6 is 0 Å². The highest BCUT2D eigenvalue weighted by Crippen LogP contribution is 1.97. The van der Waals surface area contributed by atoms with E-state index in [1.54, 1.807) is 0 Å². The van der Waals surface area contributed by atoms with Crippen LogP contribution in [0.25, 0.3) is 0 Å². The molecule has 0 saturated heterocycles. The molecule has 0 amide bonds. The minimum absolute atomic E-state index is 0.312. The molecular weight excluding hydrogens is 166 g/mol. The van der Waals surface area contributed by atoms with Crippen molar-refractivity contribution in [2.24, 2.45) is 0 Å². The van der Waals surface area contributed by atoms with Gasteiger partial charge in [0.25, 0.3) is 0 Å². The van der Waals surface area contributed by atoms with Crippen LogP contribution in [0.2, 0.25) is 0 Å². The van der Waals surface area contributed by atoms with Crippen LogP contribution in [-0.2, 0) is 16.1 Å². The maximum atomic E-state index is 10.4. The fourth-order valence-electron chi connectivity index (χ4n) is 0.993. The molecule has 3 nitrogen and oxygen atoms in total. The third kappa shape index (κ3) is 4.28. The molecule has 0 aromatic heterocycles. The second-order valence-electron chi connectivity index (χ2n) is 2.72. The van der Waals surface area contributed by atoms with Crippen molar-refractivity contribution >= 4 is 5.97 Å². The summed E-state index contributed by atoms with van der Waals surface area (Å²) in [6.45, 7) is 2.01. The van der Waals surface area contributed by atoms with Crippen LogP contribution in [0.15, 0.2) is 30.3 Å². The minimum Gasteiger partial charge on any atom is -0.371 e. The number of carbonyl (C=O) groups excluding carboxylic acids is 1. The van der Waals surface area contributed by atoms with Crippen molar-refractivity contribution in [3.63, 3.8) is 0 Å². The standard InChI is InChI=1S/C10H13NO2/c1-9(12)13-11-8-7-10-5-3-2-4-6-10/h2-6,11H,7-8H2,1H3. The number of rotatable bonds is 4. The largest absolute Gasteiger partial charge is 0.371 e. The van der Waals surface area contributed by atoms with E-state index in [2.05, 4.69) is 10.3 Å². The van der Waals surface area contributed by atoms with E-state index in [1.807, 2.05) is 30.3 Å². The van der Waals surface area contributed by atoms with Crippen molar-refractivity contribution in [3.05, 3.63) is 35.9 Å². The van der Waals surface area contributed by atoms with E-state index < -0.39 is 0 Å². The van der Waals surface area contributed by atoms with E-state index in [0.29, 0.717) is 6.54 Å². The zero-order valence-electron chi connectivity index (χ0n) is 7.62. The van der Waals surface area contributed by atoms with Crippen LogP contribution in [0.4, 0.5) is 0 Å². The lowest BCUT2D eigenvalue weighted by Gasteiger charge is -2.02. The molecule has 0 heterocycles. The summed E-state index contributed by atoms with van der Waals surface area (Å²) in [5, 5.41) is 0. The fourth-order valence-corrected chi connectivity index (χ4v) is 0.993. The van der Waals surface area contributed by atoms with Crippen LogP contribution in [0.3, 0.4) is 0 Å². The summed E-state index contributed by atoms with van der Waals surface area (Å²) in [5.74, 6) is -0.312. The minimum atomic E-state index is -0.312. The summed E-state index contributed by atoms with van der Waals surface area (Å²) in [4.78, 5) is 14.9. The molecule has 0 radical (unpaired) electrons. The maximum absolute atomic E-state index is 10.4. The maximum Gasteiger partial charge on any atom is 0.321 e. The van der Waals surface area contributed by atoms with E-state index in [9.17, 15) is 4.79 Å². The topological polar surface area (TPSA) is 38.3 Å². The van der Waals surface area contributed by atoms with Gasteiger partial charge in [-0.25, -0.2) is 0 Å². The average molecular weight is 179 g/mol. The number of hydroxylamine groups is 1. The number of benzene rings is 1. The zero-order valence-corrected chi connectivity index (χ0v) is 7.62. The first-order chi connectivity index (χ1) is 6.29. The van der Waals surface area contributed by atoms with Crippen molar-refractivity contribution in [2.45, 2.75) is 13.3 Å². The van der Waals surface area contributed by atoms with E-state index in [0.717, 1.165) is 6.42 Å². The predicted molar refractivity (Wildman–Crippen MR) is 49.9 cm³/mol. The van der Waals surface area contributed by atoms with Gasteiger partial charge in [-0.2, -0.15) is 5.48 Å². The zero-order chi connectivity index (χ0) is 9.52. The van der Waals surface area contributed by atoms with Crippen molar-refractivity contribution in [1.82, 2.24) is 5.48 Å². The molecule has 0 bridgehead atoms. The van der Waals surface area contributed by atoms with Crippen LogP contribution in [0, 0.1) is 0 Å². The molecule has 1 aromatic carbocycles. The van der Waals surface area contributed by atoms with Crippen molar-refractivity contribution < 1.29 is 9.63 Å². The molecule has 3 heteroatoms. The summed E-state index contributed by atoms with van der Waals surface area (Å²) in [6, 6.07) is 10.0. The molecule has 13 heavy (non-hydrogen) atoms. The van der Waals surface area contributed by atoms with E-state index in [4.69, 9.17) is 0 Å². The van der Waals surface area contributed by atoms with Crippen LogP contribution in [-0.4, -0.2) is 12.5 Å². The van der Waals surface area contributed by atoms with E-state index >= 15 is 0 Å². The summed E-state index contributed by atoms with van der Waals surface area (Å²) >= 11 is 0. The first kappa shape index (κ1) is 9.74. The van der Waals surface area contributed by atoms with Crippen molar-refractivity contribution in [1.29, 1.82) is 0 Å². The van der Waals surface area contributed by atoms with Gasteiger partial charge in [-0.05, 0) is 12.0 Å². The lowest BCUT2D eigenvalue weighted by atomic mass is 10.2. The van der Waals surface area contributed by atoms with Gasteiger partial charge >= 0.3 is 5.97 Å². The molecule has 1 rings (SSSR count). The number of carbonyl (C=O) groups is 1. The average Bonchev–Trinajstić information content (AvgIpc) is 2.14. The smallest absolute Gasteiger partial charge is 0.321 e. The summed E-state index contributed by atoms with van der Waals surface area (Å²) in [7, 11) is 0. The quantitative estimate of drug-likeness (QED) is 0.559. The normalized spacial score (nSPS) is 9.62.